The van der Waals surface area contributed by atoms with Crippen LogP contribution >= 0.6 is 0 Å². The highest BCUT2D eigenvalue weighted by Gasteiger charge is 2.24. The van der Waals surface area contributed by atoms with E-state index in [-0.39, 0.29) is 19.3 Å². The van der Waals surface area contributed by atoms with Crippen LogP contribution in [0.3, 0.4) is 0 Å². The van der Waals surface area contributed by atoms with Gasteiger partial charge in [0.25, 0.3) is 0 Å². The normalized spacial score (nSPS) is 14.4. The third-order valence-corrected chi connectivity index (χ3v) is 5.19. The van der Waals surface area contributed by atoms with Crippen molar-refractivity contribution in [3.05, 3.63) is 89.5 Å². The molecule has 3 aromatic rings. The van der Waals surface area contributed by atoms with Crippen molar-refractivity contribution < 1.29 is 14.6 Å². The van der Waals surface area contributed by atoms with Crippen molar-refractivity contribution >= 4 is 22.4 Å². The summed E-state index contributed by atoms with van der Waals surface area (Å²) in [7, 11) is 0. The van der Waals surface area contributed by atoms with Gasteiger partial charge in [-0.15, -0.1) is 0 Å². The first-order chi connectivity index (χ1) is 13.7. The van der Waals surface area contributed by atoms with Crippen LogP contribution in [0, 0.1) is 0 Å². The number of amides is 1. The van der Waals surface area contributed by atoms with Gasteiger partial charge in [-0.2, -0.15) is 0 Å². The standard InChI is InChI=1S/C24H23NO3/c26-16-22-15-25(24(27)28-17-18-6-2-1-3-7-18)13-12-23(22)21-11-10-19-8-4-5-9-20(19)14-21/h1-11,14,26H,12-13,15-17H2. The highest BCUT2D eigenvalue weighted by atomic mass is 16.6. The molecule has 0 spiro atoms. The fourth-order valence-electron chi connectivity index (χ4n) is 3.67. The molecule has 1 amide bonds. The number of ether oxygens (including phenoxy) is 1. The summed E-state index contributed by atoms with van der Waals surface area (Å²) in [4.78, 5) is 14.1. The van der Waals surface area contributed by atoms with Crippen LogP contribution in [-0.4, -0.2) is 35.8 Å². The highest BCUT2D eigenvalue weighted by molar-refractivity contribution is 5.87. The topological polar surface area (TPSA) is 49.8 Å². The molecular formula is C24H23NO3. The van der Waals surface area contributed by atoms with Gasteiger partial charge in [-0.1, -0.05) is 66.7 Å². The summed E-state index contributed by atoms with van der Waals surface area (Å²) < 4.78 is 5.44. The number of nitrogens with zero attached hydrogens (tertiary/aromatic N) is 1. The van der Waals surface area contributed by atoms with Crippen LogP contribution in [0.15, 0.2) is 78.4 Å². The van der Waals surface area contributed by atoms with Gasteiger partial charge in [0.2, 0.25) is 0 Å². The molecular weight excluding hydrogens is 350 g/mol. The summed E-state index contributed by atoms with van der Waals surface area (Å²) in [5.41, 5.74) is 4.07. The number of fused-ring (bicyclic) bond motifs is 1. The maximum absolute atomic E-state index is 12.5. The number of hydrogen-bond acceptors (Lipinski definition) is 3. The van der Waals surface area contributed by atoms with Gasteiger partial charge in [-0.05, 0) is 45.5 Å². The number of aliphatic hydroxyl groups is 1. The smallest absolute Gasteiger partial charge is 0.410 e. The minimum absolute atomic E-state index is 0.0649. The average molecular weight is 373 g/mol. The van der Waals surface area contributed by atoms with E-state index >= 15 is 0 Å². The summed E-state index contributed by atoms with van der Waals surface area (Å²) in [6, 6.07) is 24.2. The Balaban J connectivity index is 1.49. The van der Waals surface area contributed by atoms with Gasteiger partial charge in [-0.3, -0.25) is 0 Å². The molecule has 0 saturated carbocycles. The second-order valence-electron chi connectivity index (χ2n) is 7.01. The molecule has 0 fully saturated rings. The Kier molecular flexibility index (Phi) is 5.40. The van der Waals surface area contributed by atoms with Crippen molar-refractivity contribution in [3.8, 4) is 0 Å². The zero-order valence-electron chi connectivity index (χ0n) is 15.7. The molecule has 0 aliphatic carbocycles. The van der Waals surface area contributed by atoms with Gasteiger partial charge in [0.1, 0.15) is 6.61 Å². The van der Waals surface area contributed by atoms with Gasteiger partial charge in [-0.25, -0.2) is 4.79 Å². The second-order valence-corrected chi connectivity index (χ2v) is 7.01. The van der Waals surface area contributed by atoms with Crippen LogP contribution in [0.4, 0.5) is 4.79 Å². The van der Waals surface area contributed by atoms with Crippen LogP contribution < -0.4 is 0 Å². The fraction of sp³-hybridized carbons (Fsp3) is 0.208. The SMILES string of the molecule is O=C(OCc1ccccc1)N1CCC(c2ccc3ccccc3c2)=C(CO)C1. The maximum atomic E-state index is 12.5. The van der Waals surface area contributed by atoms with E-state index in [1.165, 1.54) is 10.8 Å². The predicted molar refractivity (Wildman–Crippen MR) is 111 cm³/mol. The van der Waals surface area contributed by atoms with Gasteiger partial charge in [0.05, 0.1) is 6.61 Å². The summed E-state index contributed by atoms with van der Waals surface area (Å²) in [5, 5.41) is 12.3. The first-order valence-electron chi connectivity index (χ1n) is 9.51. The number of aliphatic hydroxyl groups excluding tert-OH is 1. The van der Waals surface area contributed by atoms with Crippen molar-refractivity contribution in [1.29, 1.82) is 0 Å². The lowest BCUT2D eigenvalue weighted by Crippen LogP contribution is -2.38. The third-order valence-electron chi connectivity index (χ3n) is 5.19. The molecule has 1 heterocycles. The molecule has 0 saturated heterocycles. The lowest BCUT2D eigenvalue weighted by atomic mass is 9.92. The van der Waals surface area contributed by atoms with E-state index in [9.17, 15) is 9.90 Å². The zero-order chi connectivity index (χ0) is 19.3. The van der Waals surface area contributed by atoms with E-state index in [1.54, 1.807) is 4.90 Å². The third kappa shape index (κ3) is 3.92. The number of rotatable bonds is 4. The van der Waals surface area contributed by atoms with E-state index < -0.39 is 0 Å². The van der Waals surface area contributed by atoms with E-state index in [4.69, 9.17) is 4.74 Å². The van der Waals surface area contributed by atoms with E-state index in [0.29, 0.717) is 19.5 Å². The minimum atomic E-state index is -0.340. The molecule has 1 N–H and O–H groups in total. The Bertz CT molecular complexity index is 1010. The Hall–Kier alpha value is -3.11. The molecule has 28 heavy (non-hydrogen) atoms. The molecule has 0 aromatic heterocycles. The first kappa shape index (κ1) is 18.3. The van der Waals surface area contributed by atoms with E-state index in [1.807, 2.05) is 42.5 Å². The lowest BCUT2D eigenvalue weighted by molar-refractivity contribution is 0.0977. The van der Waals surface area contributed by atoms with Crippen molar-refractivity contribution in [1.82, 2.24) is 4.90 Å². The molecule has 142 valence electrons. The Morgan fingerprint density at radius 1 is 0.964 bits per heavy atom. The van der Waals surface area contributed by atoms with Gasteiger partial charge in [0, 0.05) is 13.1 Å². The van der Waals surface area contributed by atoms with Gasteiger partial charge < -0.3 is 14.7 Å². The molecule has 0 atom stereocenters. The summed E-state index contributed by atoms with van der Waals surface area (Å²) in [5.74, 6) is 0. The molecule has 3 aromatic carbocycles. The number of hydrogen-bond donors (Lipinski definition) is 1. The van der Waals surface area contributed by atoms with Crippen molar-refractivity contribution in [3.63, 3.8) is 0 Å². The largest absolute Gasteiger partial charge is 0.445 e. The average Bonchev–Trinajstić information content (AvgIpc) is 2.77. The van der Waals surface area contributed by atoms with Gasteiger partial charge >= 0.3 is 6.09 Å². The Morgan fingerprint density at radius 2 is 1.71 bits per heavy atom. The quantitative estimate of drug-likeness (QED) is 0.725. The monoisotopic (exact) mass is 373 g/mol. The predicted octanol–water partition coefficient (Wildman–Crippen LogP) is 4.63. The molecule has 1 aliphatic heterocycles. The van der Waals surface area contributed by atoms with Crippen LogP contribution in [0.2, 0.25) is 0 Å². The molecule has 1 aliphatic rings. The number of carbonyl (C=O) groups is 1. The van der Waals surface area contributed by atoms with E-state index in [2.05, 4.69) is 30.3 Å². The molecule has 0 radical (unpaired) electrons. The van der Waals surface area contributed by atoms with Crippen molar-refractivity contribution in [2.45, 2.75) is 13.0 Å². The Morgan fingerprint density at radius 3 is 2.50 bits per heavy atom. The molecule has 4 nitrogen and oxygen atoms in total. The number of benzene rings is 3. The molecule has 0 unspecified atom stereocenters. The van der Waals surface area contributed by atoms with Crippen molar-refractivity contribution in [2.75, 3.05) is 19.7 Å². The second kappa shape index (κ2) is 8.28. The molecule has 4 rings (SSSR count). The summed E-state index contributed by atoms with van der Waals surface area (Å²) in [6.07, 6.45) is 0.363. The van der Waals surface area contributed by atoms with Crippen LogP contribution in [0.25, 0.3) is 16.3 Å². The summed E-state index contributed by atoms with van der Waals surface area (Å²) in [6.45, 7) is 1.17. The maximum Gasteiger partial charge on any atom is 0.410 e. The van der Waals surface area contributed by atoms with Crippen LogP contribution in [0.5, 0.6) is 0 Å². The minimum Gasteiger partial charge on any atom is -0.445 e. The number of carbonyl (C=O) groups excluding carboxylic acids is 1. The molecule has 4 heteroatoms. The molecule has 0 bridgehead atoms. The zero-order valence-corrected chi connectivity index (χ0v) is 15.7. The van der Waals surface area contributed by atoms with Crippen molar-refractivity contribution in [2.24, 2.45) is 0 Å². The highest BCUT2D eigenvalue weighted by Crippen LogP contribution is 2.30. The lowest BCUT2D eigenvalue weighted by Gasteiger charge is -2.30. The summed E-state index contributed by atoms with van der Waals surface area (Å²) >= 11 is 0. The first-order valence-corrected chi connectivity index (χ1v) is 9.51. The van der Waals surface area contributed by atoms with Crippen LogP contribution in [0.1, 0.15) is 17.5 Å². The van der Waals surface area contributed by atoms with Crippen LogP contribution in [-0.2, 0) is 11.3 Å². The Labute approximate surface area is 164 Å². The van der Waals surface area contributed by atoms with E-state index in [0.717, 1.165) is 22.3 Å². The van der Waals surface area contributed by atoms with Gasteiger partial charge in [0.15, 0.2) is 0 Å². The fourth-order valence-corrected chi connectivity index (χ4v) is 3.67.